The van der Waals surface area contributed by atoms with Crippen molar-refractivity contribution in [1.82, 2.24) is 14.7 Å². The number of carbonyl (C=O) groups is 2. The molecule has 2 aliphatic heterocycles. The molecule has 0 bridgehead atoms. The topological polar surface area (TPSA) is 62.3 Å². The second-order valence-corrected chi connectivity index (χ2v) is 8.87. The molecule has 3 rings (SSSR count). The van der Waals surface area contributed by atoms with Gasteiger partial charge in [-0.25, -0.2) is 4.79 Å². The second kappa shape index (κ2) is 10.5. The zero-order valence-electron chi connectivity index (χ0n) is 19.4. The summed E-state index contributed by atoms with van der Waals surface area (Å²) in [5.41, 5.74) is 0.203. The highest BCUT2D eigenvalue weighted by Gasteiger charge is 2.57. The smallest absolute Gasteiger partial charge is 0.327 e. The van der Waals surface area contributed by atoms with Crippen LogP contribution in [0.15, 0.2) is 24.3 Å². The van der Waals surface area contributed by atoms with Crippen molar-refractivity contribution in [2.45, 2.75) is 51.6 Å². The lowest BCUT2D eigenvalue weighted by Gasteiger charge is -2.42. The predicted molar refractivity (Wildman–Crippen MR) is 120 cm³/mol. The maximum Gasteiger partial charge on any atom is 0.327 e. The number of benzene rings is 1. The van der Waals surface area contributed by atoms with Gasteiger partial charge in [0.1, 0.15) is 11.3 Å². The van der Waals surface area contributed by atoms with E-state index in [1.165, 1.54) is 4.90 Å². The molecule has 0 aromatic heterocycles. The first-order chi connectivity index (χ1) is 14.9. The third-order valence-corrected chi connectivity index (χ3v) is 6.80. The molecule has 7 heteroatoms. The Hall–Kier alpha value is -2.12. The quantitative estimate of drug-likeness (QED) is 0.420. The highest BCUT2D eigenvalue weighted by molar-refractivity contribution is 6.07. The summed E-state index contributed by atoms with van der Waals surface area (Å²) in [6.07, 6.45) is 3.27. The highest BCUT2D eigenvalue weighted by atomic mass is 16.5. The van der Waals surface area contributed by atoms with Gasteiger partial charge in [0.2, 0.25) is 0 Å². The molecule has 0 N–H and O–H groups in total. The SMILES string of the molecule is CC[C@@H](C)CN1CCC2(CC1)C(=O)N(Cc1ccc(OC)cc1)C(=O)N2CCCOC. The lowest BCUT2D eigenvalue weighted by molar-refractivity contribution is -0.136. The van der Waals surface area contributed by atoms with Crippen molar-refractivity contribution in [2.24, 2.45) is 5.92 Å². The van der Waals surface area contributed by atoms with Gasteiger partial charge in [0, 0.05) is 39.9 Å². The Kier molecular flexibility index (Phi) is 7.94. The Balaban J connectivity index is 1.77. The van der Waals surface area contributed by atoms with E-state index in [0.717, 1.165) is 43.8 Å². The summed E-state index contributed by atoms with van der Waals surface area (Å²) in [5, 5.41) is 0. The number of carbonyl (C=O) groups excluding carboxylic acids is 2. The zero-order valence-corrected chi connectivity index (χ0v) is 19.4. The molecular formula is C24H37N3O4. The first kappa shape index (κ1) is 23.5. The molecule has 1 atom stereocenters. The van der Waals surface area contributed by atoms with Gasteiger partial charge < -0.3 is 19.3 Å². The average Bonchev–Trinajstić information content (AvgIpc) is 2.97. The zero-order chi connectivity index (χ0) is 22.4. The summed E-state index contributed by atoms with van der Waals surface area (Å²) in [7, 11) is 3.29. The molecule has 2 fully saturated rings. The van der Waals surface area contributed by atoms with Crippen LogP contribution in [0.4, 0.5) is 4.79 Å². The molecule has 1 aromatic carbocycles. The first-order valence-corrected chi connectivity index (χ1v) is 11.4. The molecule has 1 aromatic rings. The number of piperidine rings is 1. The van der Waals surface area contributed by atoms with E-state index in [9.17, 15) is 9.59 Å². The van der Waals surface area contributed by atoms with Crippen LogP contribution in [-0.4, -0.2) is 79.2 Å². The fourth-order valence-corrected chi connectivity index (χ4v) is 4.67. The van der Waals surface area contributed by atoms with E-state index in [2.05, 4.69) is 18.7 Å². The van der Waals surface area contributed by atoms with Crippen LogP contribution < -0.4 is 4.74 Å². The van der Waals surface area contributed by atoms with Crippen LogP contribution >= 0.6 is 0 Å². The number of likely N-dealkylation sites (tertiary alicyclic amines) is 1. The lowest BCUT2D eigenvalue weighted by Crippen LogP contribution is -2.57. The molecule has 2 heterocycles. The van der Waals surface area contributed by atoms with Gasteiger partial charge in [0.15, 0.2) is 0 Å². The minimum absolute atomic E-state index is 0.0473. The van der Waals surface area contributed by atoms with Gasteiger partial charge in [-0.2, -0.15) is 0 Å². The number of hydrogen-bond donors (Lipinski definition) is 0. The van der Waals surface area contributed by atoms with Gasteiger partial charge in [0.05, 0.1) is 13.7 Å². The van der Waals surface area contributed by atoms with E-state index in [4.69, 9.17) is 9.47 Å². The van der Waals surface area contributed by atoms with Crippen molar-refractivity contribution in [3.63, 3.8) is 0 Å². The first-order valence-electron chi connectivity index (χ1n) is 11.4. The monoisotopic (exact) mass is 431 g/mol. The minimum Gasteiger partial charge on any atom is -0.497 e. The number of ether oxygens (including phenoxy) is 2. The number of hydrogen-bond acceptors (Lipinski definition) is 5. The van der Waals surface area contributed by atoms with Gasteiger partial charge >= 0.3 is 6.03 Å². The molecule has 2 aliphatic rings. The Labute approximate surface area is 186 Å². The highest BCUT2D eigenvalue weighted by Crippen LogP contribution is 2.38. The fraction of sp³-hybridized carbons (Fsp3) is 0.667. The molecule has 0 unspecified atom stereocenters. The molecule has 0 saturated carbocycles. The third kappa shape index (κ3) is 5.04. The number of rotatable bonds is 10. The Morgan fingerprint density at radius 3 is 2.35 bits per heavy atom. The summed E-state index contributed by atoms with van der Waals surface area (Å²) >= 11 is 0. The van der Waals surface area contributed by atoms with Crippen molar-refractivity contribution in [3.05, 3.63) is 29.8 Å². The van der Waals surface area contributed by atoms with Gasteiger partial charge in [-0.15, -0.1) is 0 Å². The van der Waals surface area contributed by atoms with Crippen LogP contribution in [0.3, 0.4) is 0 Å². The number of methoxy groups -OCH3 is 2. The van der Waals surface area contributed by atoms with Crippen LogP contribution in [-0.2, 0) is 16.1 Å². The summed E-state index contributed by atoms with van der Waals surface area (Å²) in [6, 6.07) is 7.37. The van der Waals surface area contributed by atoms with Crippen molar-refractivity contribution < 1.29 is 19.1 Å². The molecule has 0 aliphatic carbocycles. The van der Waals surface area contributed by atoms with Crippen molar-refractivity contribution >= 4 is 11.9 Å². The number of imide groups is 1. The molecule has 31 heavy (non-hydrogen) atoms. The average molecular weight is 432 g/mol. The Morgan fingerprint density at radius 2 is 1.77 bits per heavy atom. The van der Waals surface area contributed by atoms with Crippen molar-refractivity contribution in [3.8, 4) is 5.75 Å². The molecular weight excluding hydrogens is 394 g/mol. The van der Waals surface area contributed by atoms with Gasteiger partial charge in [-0.05, 0) is 42.9 Å². The molecule has 3 amide bonds. The van der Waals surface area contributed by atoms with E-state index in [0.29, 0.717) is 38.5 Å². The van der Waals surface area contributed by atoms with E-state index in [1.807, 2.05) is 29.2 Å². The van der Waals surface area contributed by atoms with Gasteiger partial charge in [-0.3, -0.25) is 9.69 Å². The summed E-state index contributed by atoms with van der Waals surface area (Å²) in [6.45, 7) is 8.64. The molecule has 172 valence electrons. The fourth-order valence-electron chi connectivity index (χ4n) is 4.67. The van der Waals surface area contributed by atoms with Crippen LogP contribution in [0.1, 0.15) is 45.1 Å². The Morgan fingerprint density at radius 1 is 1.10 bits per heavy atom. The predicted octanol–water partition coefficient (Wildman–Crippen LogP) is 3.38. The van der Waals surface area contributed by atoms with E-state index in [-0.39, 0.29) is 11.9 Å². The summed E-state index contributed by atoms with van der Waals surface area (Å²) < 4.78 is 10.4. The number of amides is 3. The van der Waals surface area contributed by atoms with E-state index in [1.54, 1.807) is 14.2 Å². The summed E-state index contributed by atoms with van der Waals surface area (Å²) in [4.78, 5) is 32.7. The largest absolute Gasteiger partial charge is 0.497 e. The Bertz CT molecular complexity index is 744. The lowest BCUT2D eigenvalue weighted by atomic mass is 9.85. The minimum atomic E-state index is -0.719. The molecule has 7 nitrogen and oxygen atoms in total. The normalized spacial score (nSPS) is 20.0. The second-order valence-electron chi connectivity index (χ2n) is 8.87. The van der Waals surface area contributed by atoms with Crippen LogP contribution in [0, 0.1) is 5.92 Å². The van der Waals surface area contributed by atoms with E-state index >= 15 is 0 Å². The maximum atomic E-state index is 13.6. The molecule has 1 spiro atoms. The third-order valence-electron chi connectivity index (χ3n) is 6.80. The standard InChI is InChI=1S/C24H37N3O4/c1-5-19(2)17-25-14-11-24(12-15-25)22(28)26(23(29)27(24)13-6-16-30-3)18-20-7-9-21(31-4)10-8-20/h7-10,19H,5-6,11-18H2,1-4H3/t19-/m1/s1. The van der Waals surface area contributed by atoms with Gasteiger partial charge in [-0.1, -0.05) is 32.4 Å². The number of urea groups is 1. The summed E-state index contributed by atoms with van der Waals surface area (Å²) in [5.74, 6) is 1.35. The van der Waals surface area contributed by atoms with E-state index < -0.39 is 5.54 Å². The van der Waals surface area contributed by atoms with Crippen LogP contribution in [0.2, 0.25) is 0 Å². The van der Waals surface area contributed by atoms with Crippen molar-refractivity contribution in [1.29, 1.82) is 0 Å². The van der Waals surface area contributed by atoms with Crippen LogP contribution in [0.25, 0.3) is 0 Å². The number of nitrogens with zero attached hydrogens (tertiary/aromatic N) is 3. The van der Waals surface area contributed by atoms with Gasteiger partial charge in [0.25, 0.3) is 5.91 Å². The molecule has 2 saturated heterocycles. The van der Waals surface area contributed by atoms with Crippen LogP contribution in [0.5, 0.6) is 5.75 Å². The maximum absolute atomic E-state index is 13.6. The van der Waals surface area contributed by atoms with Crippen molar-refractivity contribution in [2.75, 3.05) is 47.0 Å². The molecule has 0 radical (unpaired) electrons.